The lowest BCUT2D eigenvalue weighted by Gasteiger charge is -2.17. The number of benzene rings is 1. The summed E-state index contributed by atoms with van der Waals surface area (Å²) in [5, 5.41) is 14.8. The molecule has 0 unspecified atom stereocenters. The second-order valence-corrected chi connectivity index (χ2v) is 4.84. The van der Waals surface area contributed by atoms with Crippen LogP contribution in [0.5, 0.6) is 0 Å². The Labute approximate surface area is 147 Å². The third-order valence-corrected chi connectivity index (χ3v) is 3.08. The summed E-state index contributed by atoms with van der Waals surface area (Å²) in [4.78, 5) is 31.8. The van der Waals surface area contributed by atoms with Crippen LogP contribution >= 0.6 is 0 Å². The number of carbonyl (C=O) groups excluding carboxylic acids is 1. The van der Waals surface area contributed by atoms with Gasteiger partial charge in [0.1, 0.15) is 13.2 Å². The smallest absolute Gasteiger partial charge is 0.414 e. The number of esters is 1. The van der Waals surface area contributed by atoms with Crippen molar-refractivity contribution in [3.63, 3.8) is 0 Å². The maximum Gasteiger partial charge on any atom is 0.414 e. The summed E-state index contributed by atoms with van der Waals surface area (Å²) in [6, 6.07) is 9.77. The fourth-order valence-corrected chi connectivity index (χ4v) is 1.70. The Kier molecular flexibility index (Phi) is 12.6. The molecule has 0 aliphatic rings. The SMILES string of the molecule is CCN(CC)CCOC(=O)COCc1ccccc1.O=C(O)C(=O)O. The molecule has 0 atom stereocenters. The second-order valence-electron chi connectivity index (χ2n) is 4.84. The van der Waals surface area contributed by atoms with Crippen molar-refractivity contribution in [3.8, 4) is 0 Å². The summed E-state index contributed by atoms with van der Waals surface area (Å²) >= 11 is 0. The Balaban J connectivity index is 0.000000823. The molecule has 0 aromatic heterocycles. The molecule has 0 bridgehead atoms. The summed E-state index contributed by atoms with van der Waals surface area (Å²) in [5.41, 5.74) is 1.05. The van der Waals surface area contributed by atoms with Crippen molar-refractivity contribution in [1.82, 2.24) is 4.90 Å². The average molecular weight is 355 g/mol. The summed E-state index contributed by atoms with van der Waals surface area (Å²) < 4.78 is 10.4. The molecular weight excluding hydrogens is 330 g/mol. The number of aliphatic carboxylic acids is 2. The first-order chi connectivity index (χ1) is 11.9. The quantitative estimate of drug-likeness (QED) is 0.502. The van der Waals surface area contributed by atoms with E-state index in [2.05, 4.69) is 18.7 Å². The van der Waals surface area contributed by atoms with Crippen LogP contribution in [0.25, 0.3) is 0 Å². The molecule has 2 N–H and O–H groups in total. The highest BCUT2D eigenvalue weighted by Gasteiger charge is 2.05. The maximum absolute atomic E-state index is 11.4. The molecule has 0 fully saturated rings. The van der Waals surface area contributed by atoms with Crippen LogP contribution in [0.1, 0.15) is 19.4 Å². The van der Waals surface area contributed by atoms with Crippen LogP contribution in [-0.4, -0.2) is 65.9 Å². The van der Waals surface area contributed by atoms with Gasteiger partial charge >= 0.3 is 17.9 Å². The van der Waals surface area contributed by atoms with Gasteiger partial charge in [0.15, 0.2) is 0 Å². The molecule has 140 valence electrons. The van der Waals surface area contributed by atoms with Crippen LogP contribution in [0.3, 0.4) is 0 Å². The van der Waals surface area contributed by atoms with Gasteiger partial charge in [0.25, 0.3) is 0 Å². The number of carboxylic acid groups (broad SMARTS) is 2. The molecule has 0 saturated carbocycles. The minimum absolute atomic E-state index is 0.00709. The third-order valence-electron chi connectivity index (χ3n) is 3.08. The molecule has 0 saturated heterocycles. The number of hydrogen-bond acceptors (Lipinski definition) is 6. The van der Waals surface area contributed by atoms with E-state index in [-0.39, 0.29) is 12.6 Å². The van der Waals surface area contributed by atoms with Gasteiger partial charge < -0.3 is 24.6 Å². The van der Waals surface area contributed by atoms with Crippen LogP contribution in [-0.2, 0) is 30.5 Å². The van der Waals surface area contributed by atoms with Crippen molar-refractivity contribution in [2.24, 2.45) is 0 Å². The number of hydrogen-bond donors (Lipinski definition) is 2. The lowest BCUT2D eigenvalue weighted by molar-refractivity contribution is -0.159. The Hall–Kier alpha value is -2.45. The number of ether oxygens (including phenoxy) is 2. The fourth-order valence-electron chi connectivity index (χ4n) is 1.70. The molecule has 1 aromatic carbocycles. The number of likely N-dealkylation sites (N-methyl/N-ethyl adjacent to an activating group) is 1. The van der Waals surface area contributed by atoms with Gasteiger partial charge in [-0.05, 0) is 18.7 Å². The largest absolute Gasteiger partial charge is 0.473 e. The monoisotopic (exact) mass is 355 g/mol. The van der Waals surface area contributed by atoms with Crippen LogP contribution in [0.2, 0.25) is 0 Å². The first-order valence-electron chi connectivity index (χ1n) is 7.86. The Morgan fingerprint density at radius 1 is 1.00 bits per heavy atom. The highest BCUT2D eigenvalue weighted by atomic mass is 16.6. The minimum Gasteiger partial charge on any atom is -0.473 e. The maximum atomic E-state index is 11.4. The van der Waals surface area contributed by atoms with E-state index in [1.165, 1.54) is 0 Å². The average Bonchev–Trinajstić information content (AvgIpc) is 2.60. The van der Waals surface area contributed by atoms with Crippen LogP contribution in [0.4, 0.5) is 0 Å². The van der Waals surface area contributed by atoms with Gasteiger partial charge in [-0.15, -0.1) is 0 Å². The molecule has 1 aromatic rings. The third kappa shape index (κ3) is 12.6. The van der Waals surface area contributed by atoms with E-state index in [1.807, 2.05) is 30.3 Å². The normalized spacial score (nSPS) is 9.88. The first kappa shape index (κ1) is 22.6. The standard InChI is InChI=1S/C15H23NO3.C2H2O4/c1-3-16(4-2)10-11-19-15(17)13-18-12-14-8-6-5-7-9-14;3-1(4)2(5)6/h5-9H,3-4,10-13H2,1-2H3;(H,3,4)(H,5,6). The molecule has 0 radical (unpaired) electrons. The molecule has 25 heavy (non-hydrogen) atoms. The van der Waals surface area contributed by atoms with Crippen LogP contribution in [0, 0.1) is 0 Å². The number of nitrogens with zero attached hydrogens (tertiary/aromatic N) is 1. The number of carbonyl (C=O) groups is 3. The van der Waals surface area contributed by atoms with E-state index in [0.717, 1.165) is 25.2 Å². The van der Waals surface area contributed by atoms with Gasteiger partial charge in [0.2, 0.25) is 0 Å². The van der Waals surface area contributed by atoms with Crippen molar-refractivity contribution >= 4 is 17.9 Å². The van der Waals surface area contributed by atoms with Crippen molar-refractivity contribution in [3.05, 3.63) is 35.9 Å². The van der Waals surface area contributed by atoms with E-state index >= 15 is 0 Å². The van der Waals surface area contributed by atoms with E-state index in [9.17, 15) is 4.79 Å². The Bertz CT molecular complexity index is 503. The van der Waals surface area contributed by atoms with Crippen molar-refractivity contribution in [2.45, 2.75) is 20.5 Å². The zero-order chi connectivity index (χ0) is 19.1. The number of carboxylic acids is 2. The van der Waals surface area contributed by atoms with Gasteiger partial charge in [0.05, 0.1) is 6.61 Å². The van der Waals surface area contributed by atoms with E-state index in [1.54, 1.807) is 0 Å². The van der Waals surface area contributed by atoms with E-state index in [4.69, 9.17) is 29.3 Å². The van der Waals surface area contributed by atoms with Gasteiger partial charge in [0, 0.05) is 6.54 Å². The summed E-state index contributed by atoms with van der Waals surface area (Å²) in [7, 11) is 0. The van der Waals surface area contributed by atoms with Gasteiger partial charge in [-0.1, -0.05) is 44.2 Å². The highest BCUT2D eigenvalue weighted by molar-refractivity contribution is 6.27. The zero-order valence-electron chi connectivity index (χ0n) is 14.5. The first-order valence-corrected chi connectivity index (χ1v) is 7.86. The Morgan fingerprint density at radius 2 is 1.56 bits per heavy atom. The highest BCUT2D eigenvalue weighted by Crippen LogP contribution is 2.00. The summed E-state index contributed by atoms with van der Waals surface area (Å²) in [6.07, 6.45) is 0. The predicted molar refractivity (Wildman–Crippen MR) is 90.1 cm³/mol. The molecular formula is C17H25NO7. The fraction of sp³-hybridized carbons (Fsp3) is 0.471. The molecule has 1 rings (SSSR count). The lowest BCUT2D eigenvalue weighted by atomic mass is 10.2. The summed E-state index contributed by atoms with van der Waals surface area (Å²) in [5.74, 6) is -3.95. The number of rotatable bonds is 9. The van der Waals surface area contributed by atoms with E-state index < -0.39 is 11.9 Å². The topological polar surface area (TPSA) is 113 Å². The van der Waals surface area contributed by atoms with Crippen molar-refractivity contribution in [1.29, 1.82) is 0 Å². The van der Waals surface area contributed by atoms with Gasteiger partial charge in [-0.2, -0.15) is 0 Å². The van der Waals surface area contributed by atoms with E-state index in [0.29, 0.717) is 13.2 Å². The second kappa shape index (κ2) is 13.9. The van der Waals surface area contributed by atoms with Crippen LogP contribution < -0.4 is 0 Å². The van der Waals surface area contributed by atoms with Gasteiger partial charge in [-0.3, -0.25) is 0 Å². The molecule has 0 aliphatic carbocycles. The molecule has 0 heterocycles. The predicted octanol–water partition coefficient (Wildman–Crippen LogP) is 1.24. The zero-order valence-corrected chi connectivity index (χ0v) is 14.5. The molecule has 0 amide bonds. The van der Waals surface area contributed by atoms with Gasteiger partial charge in [-0.25, -0.2) is 14.4 Å². The molecule has 0 aliphatic heterocycles. The van der Waals surface area contributed by atoms with Crippen molar-refractivity contribution < 1.29 is 34.1 Å². The minimum atomic E-state index is -1.82. The molecule has 8 nitrogen and oxygen atoms in total. The molecule has 8 heteroatoms. The lowest BCUT2D eigenvalue weighted by Crippen LogP contribution is -2.28. The molecule has 0 spiro atoms. The summed E-state index contributed by atoms with van der Waals surface area (Å²) in [6.45, 7) is 7.77. The Morgan fingerprint density at radius 3 is 2.04 bits per heavy atom. The van der Waals surface area contributed by atoms with Crippen LogP contribution in [0.15, 0.2) is 30.3 Å². The van der Waals surface area contributed by atoms with Crippen molar-refractivity contribution in [2.75, 3.05) is 32.8 Å².